The van der Waals surface area contributed by atoms with Gasteiger partial charge in [-0.2, -0.15) is 0 Å². The van der Waals surface area contributed by atoms with Gasteiger partial charge in [0.1, 0.15) is 0 Å². The van der Waals surface area contributed by atoms with E-state index in [2.05, 4.69) is 15.6 Å². The number of benzene rings is 1. The number of ether oxygens (including phenoxy) is 1. The molecule has 1 aromatic carbocycles. The number of hydrogen-bond acceptors (Lipinski definition) is 4. The molecule has 1 aliphatic rings. The average Bonchev–Trinajstić information content (AvgIpc) is 3.07. The summed E-state index contributed by atoms with van der Waals surface area (Å²) < 4.78 is 5.37. The van der Waals surface area contributed by atoms with Gasteiger partial charge in [0.15, 0.2) is 0 Å². The molecule has 0 bridgehead atoms. The Morgan fingerprint density at radius 2 is 2.30 bits per heavy atom. The molecule has 0 aliphatic carbocycles. The van der Waals surface area contributed by atoms with Gasteiger partial charge in [0.25, 0.3) is 5.56 Å². The van der Waals surface area contributed by atoms with E-state index < -0.39 is 12.1 Å². The number of carbonyl (C=O) groups excluding carboxylic acids is 1. The van der Waals surface area contributed by atoms with Gasteiger partial charge < -0.3 is 25.5 Å². The van der Waals surface area contributed by atoms with Crippen LogP contribution in [-0.2, 0) is 4.74 Å². The number of aromatic nitrogens is 1. The molecule has 3 rings (SSSR count). The lowest BCUT2D eigenvalue weighted by Gasteiger charge is -2.18. The summed E-state index contributed by atoms with van der Waals surface area (Å²) in [4.78, 5) is 26.1. The molecule has 0 spiro atoms. The maximum absolute atomic E-state index is 11.9. The number of aliphatic hydroxyl groups is 1. The van der Waals surface area contributed by atoms with Crippen molar-refractivity contribution in [3.05, 3.63) is 40.8 Å². The minimum absolute atomic E-state index is 0.129. The molecule has 4 N–H and O–H groups in total. The molecule has 7 nitrogen and oxygen atoms in total. The van der Waals surface area contributed by atoms with E-state index in [0.717, 1.165) is 18.2 Å². The van der Waals surface area contributed by atoms with Crippen molar-refractivity contribution in [2.45, 2.75) is 25.0 Å². The molecule has 2 amide bonds. The molecule has 2 unspecified atom stereocenters. The van der Waals surface area contributed by atoms with E-state index in [1.165, 1.54) is 0 Å². The Kier molecular flexibility index (Phi) is 4.59. The average molecular weight is 317 g/mol. The normalized spacial score (nSPS) is 18.7. The van der Waals surface area contributed by atoms with Crippen LogP contribution in [0.2, 0.25) is 0 Å². The van der Waals surface area contributed by atoms with Crippen LogP contribution in [0.3, 0.4) is 0 Å². The third-order valence-corrected chi connectivity index (χ3v) is 3.90. The number of urea groups is 1. The first-order valence-corrected chi connectivity index (χ1v) is 7.59. The number of pyridine rings is 1. The van der Waals surface area contributed by atoms with Gasteiger partial charge in [-0.25, -0.2) is 4.79 Å². The molecule has 2 aromatic rings. The van der Waals surface area contributed by atoms with Gasteiger partial charge in [-0.05, 0) is 42.5 Å². The highest BCUT2D eigenvalue weighted by Crippen LogP contribution is 2.16. The highest BCUT2D eigenvalue weighted by molar-refractivity contribution is 5.93. The van der Waals surface area contributed by atoms with Crippen LogP contribution in [-0.4, -0.2) is 41.5 Å². The molecule has 1 aliphatic heterocycles. The van der Waals surface area contributed by atoms with Crippen molar-refractivity contribution < 1.29 is 14.6 Å². The summed E-state index contributed by atoms with van der Waals surface area (Å²) >= 11 is 0. The Balaban J connectivity index is 1.58. The standard InChI is InChI=1S/C16H19N3O4/c20-13(14-2-1-7-23-14)9-18-16(22)19-11-3-4-12-10(8-11)5-6-17-15(12)21/h3-6,8,13-14,20H,1-2,7,9H2,(H,17,21)(H2,18,19,22). The van der Waals surface area contributed by atoms with Crippen LogP contribution in [0, 0.1) is 0 Å². The van der Waals surface area contributed by atoms with E-state index in [-0.39, 0.29) is 18.2 Å². The Hall–Kier alpha value is -2.38. The lowest BCUT2D eigenvalue weighted by atomic mass is 10.1. The minimum atomic E-state index is -0.710. The maximum Gasteiger partial charge on any atom is 0.319 e. The Bertz CT molecular complexity index is 752. The van der Waals surface area contributed by atoms with Crippen molar-refractivity contribution in [2.24, 2.45) is 0 Å². The second kappa shape index (κ2) is 6.80. The number of rotatable bonds is 4. The fourth-order valence-electron chi connectivity index (χ4n) is 2.68. The molecular weight excluding hydrogens is 298 g/mol. The van der Waals surface area contributed by atoms with Crippen LogP contribution < -0.4 is 16.2 Å². The van der Waals surface area contributed by atoms with Crippen molar-refractivity contribution in [3.8, 4) is 0 Å². The van der Waals surface area contributed by atoms with Crippen LogP contribution in [0.4, 0.5) is 10.5 Å². The molecule has 1 saturated heterocycles. The first-order valence-electron chi connectivity index (χ1n) is 7.59. The monoisotopic (exact) mass is 317 g/mol. The van der Waals surface area contributed by atoms with Crippen LogP contribution in [0.15, 0.2) is 35.3 Å². The Morgan fingerprint density at radius 1 is 1.43 bits per heavy atom. The van der Waals surface area contributed by atoms with E-state index >= 15 is 0 Å². The second-order valence-electron chi connectivity index (χ2n) is 5.56. The molecule has 0 saturated carbocycles. The van der Waals surface area contributed by atoms with E-state index in [9.17, 15) is 14.7 Å². The van der Waals surface area contributed by atoms with E-state index in [4.69, 9.17) is 4.74 Å². The lowest BCUT2D eigenvalue weighted by Crippen LogP contribution is -2.40. The molecule has 2 atom stereocenters. The minimum Gasteiger partial charge on any atom is -0.389 e. The summed E-state index contributed by atoms with van der Waals surface area (Å²) in [6.45, 7) is 0.786. The van der Waals surface area contributed by atoms with Gasteiger partial charge in [0.2, 0.25) is 0 Å². The fraction of sp³-hybridized carbons (Fsp3) is 0.375. The first-order chi connectivity index (χ1) is 11.1. The summed E-state index contributed by atoms with van der Waals surface area (Å²) in [6, 6.07) is 6.39. The number of nitrogens with one attached hydrogen (secondary N) is 3. The summed E-state index contributed by atoms with van der Waals surface area (Å²) in [5.41, 5.74) is 0.408. The highest BCUT2D eigenvalue weighted by Gasteiger charge is 2.24. The zero-order valence-electron chi connectivity index (χ0n) is 12.5. The SMILES string of the molecule is O=C(NCC(O)C1CCCO1)Nc1ccc2c(=O)[nH]ccc2c1. The number of aliphatic hydroxyl groups excluding tert-OH is 1. The Morgan fingerprint density at radius 3 is 3.09 bits per heavy atom. The molecule has 2 heterocycles. The fourth-order valence-corrected chi connectivity index (χ4v) is 2.68. The van der Waals surface area contributed by atoms with Crippen LogP contribution in [0.1, 0.15) is 12.8 Å². The van der Waals surface area contributed by atoms with Gasteiger partial charge in [-0.15, -0.1) is 0 Å². The van der Waals surface area contributed by atoms with Crippen molar-refractivity contribution in [3.63, 3.8) is 0 Å². The molecular formula is C16H19N3O4. The van der Waals surface area contributed by atoms with Crippen LogP contribution in [0.25, 0.3) is 10.8 Å². The van der Waals surface area contributed by atoms with Crippen molar-refractivity contribution in [2.75, 3.05) is 18.5 Å². The largest absolute Gasteiger partial charge is 0.389 e. The highest BCUT2D eigenvalue weighted by atomic mass is 16.5. The summed E-state index contributed by atoms with van der Waals surface area (Å²) in [5, 5.41) is 16.5. The molecule has 1 aromatic heterocycles. The van der Waals surface area contributed by atoms with Gasteiger partial charge in [-0.3, -0.25) is 4.79 Å². The first kappa shape index (κ1) is 15.5. The van der Waals surface area contributed by atoms with E-state index in [1.54, 1.807) is 30.5 Å². The van der Waals surface area contributed by atoms with E-state index in [1.807, 2.05) is 0 Å². The number of aromatic amines is 1. The van der Waals surface area contributed by atoms with Crippen molar-refractivity contribution >= 4 is 22.5 Å². The quantitative estimate of drug-likeness (QED) is 0.680. The summed E-state index contributed by atoms with van der Waals surface area (Å²) in [7, 11) is 0. The number of anilines is 1. The molecule has 122 valence electrons. The predicted molar refractivity (Wildman–Crippen MR) is 86.6 cm³/mol. The van der Waals surface area contributed by atoms with Gasteiger partial charge in [0.05, 0.1) is 12.2 Å². The van der Waals surface area contributed by atoms with Crippen molar-refractivity contribution in [1.82, 2.24) is 10.3 Å². The number of H-pyrrole nitrogens is 1. The third-order valence-electron chi connectivity index (χ3n) is 3.90. The van der Waals surface area contributed by atoms with Gasteiger partial charge in [-0.1, -0.05) is 0 Å². The maximum atomic E-state index is 11.9. The predicted octanol–water partition coefficient (Wildman–Crippen LogP) is 1.19. The number of carbonyl (C=O) groups is 1. The second-order valence-corrected chi connectivity index (χ2v) is 5.56. The molecule has 0 radical (unpaired) electrons. The molecule has 23 heavy (non-hydrogen) atoms. The molecule has 7 heteroatoms. The molecule has 1 fully saturated rings. The van der Waals surface area contributed by atoms with Gasteiger partial charge in [0, 0.05) is 30.4 Å². The van der Waals surface area contributed by atoms with Crippen LogP contribution >= 0.6 is 0 Å². The number of hydrogen-bond donors (Lipinski definition) is 4. The lowest BCUT2D eigenvalue weighted by molar-refractivity contribution is 0.000988. The smallest absolute Gasteiger partial charge is 0.319 e. The Labute approximate surface area is 132 Å². The third kappa shape index (κ3) is 3.69. The number of fused-ring (bicyclic) bond motifs is 1. The zero-order valence-corrected chi connectivity index (χ0v) is 12.5. The van der Waals surface area contributed by atoms with Crippen molar-refractivity contribution in [1.29, 1.82) is 0 Å². The zero-order chi connectivity index (χ0) is 16.2. The number of amides is 2. The van der Waals surface area contributed by atoms with E-state index in [0.29, 0.717) is 17.7 Å². The summed E-state index contributed by atoms with van der Waals surface area (Å²) in [6.07, 6.45) is 2.39. The van der Waals surface area contributed by atoms with Gasteiger partial charge >= 0.3 is 6.03 Å². The topological polar surface area (TPSA) is 103 Å². The van der Waals surface area contributed by atoms with Crippen LogP contribution in [0.5, 0.6) is 0 Å². The summed E-state index contributed by atoms with van der Waals surface area (Å²) in [5.74, 6) is 0.